The Balaban J connectivity index is 1.92. The molecule has 90 valence electrons. The van der Waals surface area contributed by atoms with Crippen LogP contribution in [0.3, 0.4) is 0 Å². The molecule has 0 bridgehead atoms. The lowest BCUT2D eigenvalue weighted by Crippen LogP contribution is -2.36. The van der Waals surface area contributed by atoms with E-state index in [2.05, 4.69) is 38.9 Å². The standard InChI is InChI=1S/C12H14BrN3S/c1-12(14,7-2-3-7)11-15-6-8(16-11)9-4-5-10(13)17-9/h4-7H,2-3,14H2,1H3,(H,15,16). The van der Waals surface area contributed by atoms with Crippen LogP contribution in [0.25, 0.3) is 10.6 Å². The average Bonchev–Trinajstić information content (AvgIpc) is 2.87. The van der Waals surface area contributed by atoms with Crippen LogP contribution in [0.2, 0.25) is 0 Å². The van der Waals surface area contributed by atoms with Gasteiger partial charge in [-0.3, -0.25) is 0 Å². The van der Waals surface area contributed by atoms with Gasteiger partial charge in [-0.2, -0.15) is 0 Å². The summed E-state index contributed by atoms with van der Waals surface area (Å²) in [6.07, 6.45) is 4.31. The first kappa shape index (κ1) is 11.4. The van der Waals surface area contributed by atoms with E-state index in [0.717, 1.165) is 15.3 Å². The number of H-pyrrole nitrogens is 1. The number of aromatic nitrogens is 2. The van der Waals surface area contributed by atoms with Crippen molar-refractivity contribution in [1.82, 2.24) is 9.97 Å². The second-order valence-electron chi connectivity index (χ2n) is 4.81. The number of imidazole rings is 1. The molecule has 0 amide bonds. The number of aromatic amines is 1. The van der Waals surface area contributed by atoms with Crippen LogP contribution < -0.4 is 5.73 Å². The molecule has 1 unspecified atom stereocenters. The van der Waals surface area contributed by atoms with Gasteiger partial charge in [0.05, 0.1) is 26.1 Å². The lowest BCUT2D eigenvalue weighted by atomic mass is 9.97. The van der Waals surface area contributed by atoms with Crippen LogP contribution in [0.4, 0.5) is 0 Å². The molecule has 0 radical (unpaired) electrons. The lowest BCUT2D eigenvalue weighted by Gasteiger charge is -2.21. The quantitative estimate of drug-likeness (QED) is 0.911. The zero-order chi connectivity index (χ0) is 12.0. The molecule has 2 heterocycles. The van der Waals surface area contributed by atoms with E-state index < -0.39 is 0 Å². The maximum absolute atomic E-state index is 6.34. The first-order chi connectivity index (χ1) is 8.07. The minimum atomic E-state index is -0.313. The number of rotatable bonds is 3. The third-order valence-corrected chi connectivity index (χ3v) is 5.01. The van der Waals surface area contributed by atoms with Crippen molar-refractivity contribution in [2.24, 2.45) is 11.7 Å². The van der Waals surface area contributed by atoms with Crippen molar-refractivity contribution in [1.29, 1.82) is 0 Å². The van der Waals surface area contributed by atoms with E-state index in [1.807, 2.05) is 12.3 Å². The van der Waals surface area contributed by atoms with Crippen molar-refractivity contribution in [3.63, 3.8) is 0 Å². The van der Waals surface area contributed by atoms with E-state index in [4.69, 9.17) is 5.73 Å². The minimum Gasteiger partial charge on any atom is -0.340 e. The Morgan fingerprint density at radius 3 is 2.88 bits per heavy atom. The monoisotopic (exact) mass is 311 g/mol. The molecule has 2 aromatic rings. The number of nitrogens with one attached hydrogen (secondary N) is 1. The van der Waals surface area contributed by atoms with Crippen molar-refractivity contribution in [2.75, 3.05) is 0 Å². The van der Waals surface area contributed by atoms with Crippen molar-refractivity contribution >= 4 is 27.3 Å². The molecule has 3 nitrogen and oxygen atoms in total. The summed E-state index contributed by atoms with van der Waals surface area (Å²) in [6.45, 7) is 2.07. The van der Waals surface area contributed by atoms with E-state index in [1.165, 1.54) is 17.7 Å². The van der Waals surface area contributed by atoms with Crippen molar-refractivity contribution in [2.45, 2.75) is 25.3 Å². The largest absolute Gasteiger partial charge is 0.340 e. The predicted octanol–water partition coefficient (Wildman–Crippen LogP) is 3.48. The minimum absolute atomic E-state index is 0.313. The SMILES string of the molecule is CC(N)(c1ncc(-c2ccc(Br)s2)[nH]1)C1CC1. The Bertz CT molecular complexity index is 539. The Morgan fingerprint density at radius 1 is 1.53 bits per heavy atom. The Hall–Kier alpha value is -0.650. The lowest BCUT2D eigenvalue weighted by molar-refractivity contribution is 0.404. The van der Waals surface area contributed by atoms with Crippen LogP contribution in [-0.2, 0) is 5.54 Å². The molecule has 0 aliphatic heterocycles. The normalized spacial score (nSPS) is 19.2. The fourth-order valence-electron chi connectivity index (χ4n) is 2.06. The van der Waals surface area contributed by atoms with Crippen LogP contribution in [0.15, 0.2) is 22.1 Å². The molecule has 0 spiro atoms. The van der Waals surface area contributed by atoms with Crippen LogP contribution in [0, 0.1) is 5.92 Å². The predicted molar refractivity (Wildman–Crippen MR) is 73.9 cm³/mol. The van der Waals surface area contributed by atoms with E-state index in [1.54, 1.807) is 11.3 Å². The topological polar surface area (TPSA) is 54.7 Å². The maximum atomic E-state index is 6.34. The van der Waals surface area contributed by atoms with Gasteiger partial charge in [0.2, 0.25) is 0 Å². The smallest absolute Gasteiger partial charge is 0.126 e. The first-order valence-electron chi connectivity index (χ1n) is 5.67. The second-order valence-corrected chi connectivity index (χ2v) is 7.27. The highest BCUT2D eigenvalue weighted by molar-refractivity contribution is 9.11. The zero-order valence-electron chi connectivity index (χ0n) is 9.53. The molecule has 17 heavy (non-hydrogen) atoms. The Morgan fingerprint density at radius 2 is 2.29 bits per heavy atom. The molecule has 0 saturated heterocycles. The third-order valence-electron chi connectivity index (χ3n) is 3.35. The molecule has 3 N–H and O–H groups in total. The molecular weight excluding hydrogens is 298 g/mol. The molecular formula is C12H14BrN3S. The molecule has 1 aliphatic rings. The van der Waals surface area contributed by atoms with Crippen LogP contribution in [-0.4, -0.2) is 9.97 Å². The van der Waals surface area contributed by atoms with Gasteiger partial charge < -0.3 is 10.7 Å². The Labute approximate surface area is 113 Å². The van der Waals surface area contributed by atoms with E-state index in [9.17, 15) is 0 Å². The first-order valence-corrected chi connectivity index (χ1v) is 7.28. The Kier molecular flexibility index (Phi) is 2.65. The van der Waals surface area contributed by atoms with Gasteiger partial charge in [0, 0.05) is 0 Å². The van der Waals surface area contributed by atoms with Gasteiger partial charge in [-0.25, -0.2) is 4.98 Å². The highest BCUT2D eigenvalue weighted by Crippen LogP contribution is 2.43. The van der Waals surface area contributed by atoms with E-state index in [-0.39, 0.29) is 5.54 Å². The highest BCUT2D eigenvalue weighted by Gasteiger charge is 2.41. The molecule has 1 fully saturated rings. The van der Waals surface area contributed by atoms with Crippen LogP contribution >= 0.6 is 27.3 Å². The van der Waals surface area contributed by atoms with Gasteiger partial charge in [0.15, 0.2) is 0 Å². The van der Waals surface area contributed by atoms with Gasteiger partial charge in [-0.15, -0.1) is 11.3 Å². The number of hydrogen-bond acceptors (Lipinski definition) is 3. The molecule has 5 heteroatoms. The average molecular weight is 312 g/mol. The van der Waals surface area contributed by atoms with Crippen molar-refractivity contribution < 1.29 is 0 Å². The van der Waals surface area contributed by atoms with Gasteiger partial charge >= 0.3 is 0 Å². The molecule has 0 aromatic carbocycles. The summed E-state index contributed by atoms with van der Waals surface area (Å²) in [5, 5.41) is 0. The number of halogens is 1. The van der Waals surface area contributed by atoms with Gasteiger partial charge in [0.25, 0.3) is 0 Å². The fraction of sp³-hybridized carbons (Fsp3) is 0.417. The van der Waals surface area contributed by atoms with Gasteiger partial charge in [-0.05, 0) is 53.7 Å². The zero-order valence-corrected chi connectivity index (χ0v) is 11.9. The third kappa shape index (κ3) is 2.07. The summed E-state index contributed by atoms with van der Waals surface area (Å²) in [6, 6.07) is 4.13. The summed E-state index contributed by atoms with van der Waals surface area (Å²) in [7, 11) is 0. The fourth-order valence-corrected chi connectivity index (χ4v) is 3.41. The number of hydrogen-bond donors (Lipinski definition) is 2. The number of thiophene rings is 1. The van der Waals surface area contributed by atoms with Crippen molar-refractivity contribution in [3.05, 3.63) is 27.9 Å². The van der Waals surface area contributed by atoms with E-state index >= 15 is 0 Å². The van der Waals surface area contributed by atoms with Crippen molar-refractivity contribution in [3.8, 4) is 10.6 Å². The number of nitrogens with zero attached hydrogens (tertiary/aromatic N) is 1. The van der Waals surface area contributed by atoms with E-state index in [0.29, 0.717) is 5.92 Å². The van der Waals surface area contributed by atoms with Crippen LogP contribution in [0.1, 0.15) is 25.6 Å². The van der Waals surface area contributed by atoms with Crippen LogP contribution in [0.5, 0.6) is 0 Å². The number of nitrogens with two attached hydrogens (primary N) is 1. The summed E-state index contributed by atoms with van der Waals surface area (Å²) in [5.74, 6) is 1.48. The second kappa shape index (κ2) is 3.93. The maximum Gasteiger partial charge on any atom is 0.126 e. The summed E-state index contributed by atoms with van der Waals surface area (Å²) >= 11 is 5.16. The summed E-state index contributed by atoms with van der Waals surface area (Å²) in [4.78, 5) is 8.99. The molecule has 2 aromatic heterocycles. The summed E-state index contributed by atoms with van der Waals surface area (Å²) < 4.78 is 1.13. The van der Waals surface area contributed by atoms with Gasteiger partial charge in [0.1, 0.15) is 5.82 Å². The summed E-state index contributed by atoms with van der Waals surface area (Å²) in [5.41, 5.74) is 7.08. The highest BCUT2D eigenvalue weighted by atomic mass is 79.9. The van der Waals surface area contributed by atoms with Gasteiger partial charge in [-0.1, -0.05) is 0 Å². The molecule has 1 aliphatic carbocycles. The molecule has 3 rings (SSSR count). The molecule has 1 atom stereocenters. The molecule has 1 saturated carbocycles.